The highest BCUT2D eigenvalue weighted by Gasteiger charge is 2.20. The van der Waals surface area contributed by atoms with Crippen molar-refractivity contribution in [2.45, 2.75) is 20.0 Å². The van der Waals surface area contributed by atoms with Crippen LogP contribution in [0.4, 0.5) is 0 Å². The average molecular weight is 443 g/mol. The van der Waals surface area contributed by atoms with Gasteiger partial charge in [0.2, 0.25) is 0 Å². The van der Waals surface area contributed by atoms with Gasteiger partial charge in [-0.25, -0.2) is 0 Å². The number of benzene rings is 2. The molecule has 5 rings (SSSR count). The van der Waals surface area contributed by atoms with E-state index >= 15 is 0 Å². The lowest BCUT2D eigenvalue weighted by Crippen LogP contribution is -2.30. The Morgan fingerprint density at radius 2 is 1.97 bits per heavy atom. The Bertz CT molecular complexity index is 1430. The third-order valence-corrected chi connectivity index (χ3v) is 5.55. The predicted molar refractivity (Wildman–Crippen MR) is 122 cm³/mol. The molecule has 0 saturated heterocycles. The van der Waals surface area contributed by atoms with E-state index in [4.69, 9.17) is 11.6 Å². The topological polar surface area (TPSA) is 76.3 Å². The number of halogens is 1. The van der Waals surface area contributed by atoms with Crippen molar-refractivity contribution in [3.8, 4) is 0 Å². The number of carbonyl (C=O) groups excluding carboxylic acids is 1. The number of aryl methyl sites for hydroxylation is 1. The maximum atomic E-state index is 13.5. The van der Waals surface area contributed by atoms with Crippen molar-refractivity contribution in [3.63, 3.8) is 0 Å². The molecule has 7 nitrogen and oxygen atoms in total. The highest BCUT2D eigenvalue weighted by molar-refractivity contribution is 6.30. The number of amides is 1. The molecule has 1 amide bonds. The van der Waals surface area contributed by atoms with Gasteiger partial charge < -0.3 is 4.90 Å². The summed E-state index contributed by atoms with van der Waals surface area (Å²) in [7, 11) is 0. The lowest BCUT2D eigenvalue weighted by molar-refractivity contribution is 0.0730. The second kappa shape index (κ2) is 8.36. The van der Waals surface area contributed by atoms with Crippen LogP contribution in [0.2, 0.25) is 5.02 Å². The number of rotatable bonds is 5. The molecule has 0 bridgehead atoms. The van der Waals surface area contributed by atoms with E-state index in [0.29, 0.717) is 29.3 Å². The average Bonchev–Trinajstić information content (AvgIpc) is 3.29. The summed E-state index contributed by atoms with van der Waals surface area (Å²) in [4.78, 5) is 19.4. The van der Waals surface area contributed by atoms with Crippen LogP contribution in [0, 0.1) is 6.92 Å². The summed E-state index contributed by atoms with van der Waals surface area (Å²) in [5.41, 5.74) is 4.98. The molecule has 0 fully saturated rings. The summed E-state index contributed by atoms with van der Waals surface area (Å²) in [5, 5.41) is 13.8. The van der Waals surface area contributed by atoms with Crippen LogP contribution in [0.15, 0.2) is 73.1 Å². The van der Waals surface area contributed by atoms with Crippen LogP contribution in [-0.2, 0) is 13.1 Å². The molecule has 3 heterocycles. The molecule has 0 unspecified atom stereocenters. The molecule has 0 saturated carbocycles. The minimum atomic E-state index is -0.133. The molecule has 0 aliphatic carbocycles. The van der Waals surface area contributed by atoms with Gasteiger partial charge in [-0.05, 0) is 65.4 Å². The van der Waals surface area contributed by atoms with E-state index in [1.165, 1.54) is 0 Å². The number of nitrogens with zero attached hydrogens (tertiary/aromatic N) is 6. The van der Waals surface area contributed by atoms with E-state index in [9.17, 15) is 4.79 Å². The molecule has 0 spiro atoms. The standard InChI is InChI=1S/C24H19ClN6O/c1-16-7-8-22-19(10-16)11-20(23-27-28-29-31(22)23)15-30(14-17-4-3-9-26-13-17)24(32)18-5-2-6-21(25)12-18/h2-13H,14-15H2,1H3. The first-order valence-electron chi connectivity index (χ1n) is 10.1. The minimum absolute atomic E-state index is 0.133. The largest absolute Gasteiger partial charge is 0.330 e. The zero-order valence-electron chi connectivity index (χ0n) is 17.3. The molecular weight excluding hydrogens is 424 g/mol. The fourth-order valence-corrected chi connectivity index (χ4v) is 4.01. The Kier molecular flexibility index (Phi) is 5.25. The summed E-state index contributed by atoms with van der Waals surface area (Å²) in [6.07, 6.45) is 3.47. The van der Waals surface area contributed by atoms with Gasteiger partial charge in [0, 0.05) is 40.5 Å². The smallest absolute Gasteiger partial charge is 0.254 e. The van der Waals surface area contributed by atoms with Gasteiger partial charge in [0.25, 0.3) is 5.91 Å². The molecule has 32 heavy (non-hydrogen) atoms. The second-order valence-electron chi connectivity index (χ2n) is 7.68. The zero-order valence-corrected chi connectivity index (χ0v) is 18.1. The monoisotopic (exact) mass is 442 g/mol. The normalized spacial score (nSPS) is 11.2. The Balaban J connectivity index is 1.59. The minimum Gasteiger partial charge on any atom is -0.330 e. The van der Waals surface area contributed by atoms with Crippen molar-refractivity contribution in [2.75, 3.05) is 0 Å². The number of tetrazole rings is 1. The van der Waals surface area contributed by atoms with Gasteiger partial charge in [-0.1, -0.05) is 35.4 Å². The summed E-state index contributed by atoms with van der Waals surface area (Å²) in [5.74, 6) is -0.133. The number of fused-ring (bicyclic) bond motifs is 3. The molecule has 0 aliphatic heterocycles. The fourth-order valence-electron chi connectivity index (χ4n) is 3.82. The van der Waals surface area contributed by atoms with E-state index in [1.807, 2.05) is 31.2 Å². The maximum absolute atomic E-state index is 13.5. The molecule has 5 aromatic rings. The van der Waals surface area contributed by atoms with Crippen LogP contribution < -0.4 is 0 Å². The van der Waals surface area contributed by atoms with Crippen LogP contribution in [0.3, 0.4) is 0 Å². The SMILES string of the molecule is Cc1ccc2c(c1)cc(CN(Cc1cccnc1)C(=O)c1cccc(Cl)c1)c1nnnn12. The molecular formula is C24H19ClN6O. The van der Waals surface area contributed by atoms with Crippen LogP contribution >= 0.6 is 11.6 Å². The van der Waals surface area contributed by atoms with Crippen LogP contribution in [0.5, 0.6) is 0 Å². The highest BCUT2D eigenvalue weighted by atomic mass is 35.5. The van der Waals surface area contributed by atoms with Crippen molar-refractivity contribution in [3.05, 3.63) is 100 Å². The van der Waals surface area contributed by atoms with Crippen molar-refractivity contribution in [2.24, 2.45) is 0 Å². The van der Waals surface area contributed by atoms with E-state index in [1.54, 1.807) is 46.1 Å². The van der Waals surface area contributed by atoms with Gasteiger partial charge in [0.15, 0.2) is 5.65 Å². The van der Waals surface area contributed by atoms with Gasteiger partial charge in [-0.15, -0.1) is 5.10 Å². The quantitative estimate of drug-likeness (QED) is 0.401. The lowest BCUT2D eigenvalue weighted by Gasteiger charge is -2.23. The van der Waals surface area contributed by atoms with E-state index in [2.05, 4.69) is 32.6 Å². The summed E-state index contributed by atoms with van der Waals surface area (Å²) in [6, 6.07) is 18.9. The van der Waals surface area contributed by atoms with E-state index in [-0.39, 0.29) is 5.91 Å². The fraction of sp³-hybridized carbons (Fsp3) is 0.125. The summed E-state index contributed by atoms with van der Waals surface area (Å²) >= 11 is 6.15. The van der Waals surface area contributed by atoms with Crippen molar-refractivity contribution < 1.29 is 4.79 Å². The molecule has 0 N–H and O–H groups in total. The first-order chi connectivity index (χ1) is 15.6. The Morgan fingerprint density at radius 1 is 1.06 bits per heavy atom. The lowest BCUT2D eigenvalue weighted by atomic mass is 10.1. The van der Waals surface area contributed by atoms with Gasteiger partial charge >= 0.3 is 0 Å². The Labute approximate surface area is 189 Å². The number of hydrogen-bond donors (Lipinski definition) is 0. The van der Waals surface area contributed by atoms with E-state index in [0.717, 1.165) is 27.6 Å². The first-order valence-corrected chi connectivity index (χ1v) is 10.5. The third kappa shape index (κ3) is 3.90. The zero-order chi connectivity index (χ0) is 22.1. The van der Waals surface area contributed by atoms with Crippen LogP contribution in [0.25, 0.3) is 16.6 Å². The molecule has 0 atom stereocenters. The third-order valence-electron chi connectivity index (χ3n) is 5.31. The number of hydrogen-bond acceptors (Lipinski definition) is 5. The predicted octanol–water partition coefficient (Wildman–Crippen LogP) is 4.48. The Morgan fingerprint density at radius 3 is 2.78 bits per heavy atom. The van der Waals surface area contributed by atoms with Gasteiger partial charge in [-0.3, -0.25) is 9.78 Å². The number of aromatic nitrogens is 5. The molecule has 0 aliphatic rings. The molecule has 8 heteroatoms. The molecule has 3 aromatic heterocycles. The van der Waals surface area contributed by atoms with Crippen molar-refractivity contribution in [1.82, 2.24) is 29.9 Å². The van der Waals surface area contributed by atoms with Crippen molar-refractivity contribution in [1.29, 1.82) is 0 Å². The van der Waals surface area contributed by atoms with E-state index < -0.39 is 0 Å². The second-order valence-corrected chi connectivity index (χ2v) is 8.12. The maximum Gasteiger partial charge on any atom is 0.254 e. The summed E-state index contributed by atoms with van der Waals surface area (Å²) in [6.45, 7) is 2.76. The van der Waals surface area contributed by atoms with Crippen molar-refractivity contribution >= 4 is 34.1 Å². The Hall–Kier alpha value is -3.84. The van der Waals surface area contributed by atoms with Gasteiger partial charge in [0.05, 0.1) is 12.1 Å². The van der Waals surface area contributed by atoms with Gasteiger partial charge in [-0.2, -0.15) is 4.52 Å². The molecule has 2 aromatic carbocycles. The highest BCUT2D eigenvalue weighted by Crippen LogP contribution is 2.23. The molecule has 0 radical (unpaired) electrons. The first kappa shape index (κ1) is 20.1. The van der Waals surface area contributed by atoms with Crippen LogP contribution in [-0.4, -0.2) is 35.8 Å². The van der Waals surface area contributed by atoms with Crippen LogP contribution in [0.1, 0.15) is 27.0 Å². The van der Waals surface area contributed by atoms with Gasteiger partial charge in [0.1, 0.15) is 0 Å². The summed E-state index contributed by atoms with van der Waals surface area (Å²) < 4.78 is 1.72. The number of carbonyl (C=O) groups is 1. The molecule has 158 valence electrons. The number of pyridine rings is 2.